The second-order valence-corrected chi connectivity index (χ2v) is 4.15. The van der Waals surface area contributed by atoms with E-state index in [-0.39, 0.29) is 24.4 Å². The third kappa shape index (κ3) is 3.27. The molecule has 1 aliphatic rings. The van der Waals surface area contributed by atoms with Gasteiger partial charge in [0.2, 0.25) is 11.7 Å². The number of hydrogen-bond donors (Lipinski definition) is 0. The highest BCUT2D eigenvalue weighted by molar-refractivity contribution is 5.71. The summed E-state index contributed by atoms with van der Waals surface area (Å²) in [6, 6.07) is 0. The second-order valence-electron chi connectivity index (χ2n) is 4.15. The van der Waals surface area contributed by atoms with Crippen molar-refractivity contribution in [2.75, 3.05) is 33.4 Å². The Morgan fingerprint density at radius 2 is 2.44 bits per heavy atom. The summed E-state index contributed by atoms with van der Waals surface area (Å²) in [5.41, 5.74) is 0. The molecule has 2 heterocycles. The number of carbonyl (C=O) groups is 1. The smallest absolute Gasteiger partial charge is 0.315 e. The van der Waals surface area contributed by atoms with Gasteiger partial charge in [0.1, 0.15) is 12.5 Å². The largest absolute Gasteiger partial charge is 0.466 e. The lowest BCUT2D eigenvalue weighted by Crippen LogP contribution is -2.35. The predicted molar refractivity (Wildman–Crippen MR) is 60.8 cm³/mol. The zero-order valence-electron chi connectivity index (χ0n) is 10.6. The van der Waals surface area contributed by atoms with Gasteiger partial charge in [-0.15, -0.1) is 0 Å². The number of hydrogen-bond acceptors (Lipinski definition) is 7. The van der Waals surface area contributed by atoms with Crippen LogP contribution in [0.2, 0.25) is 0 Å². The van der Waals surface area contributed by atoms with E-state index in [0.717, 1.165) is 13.1 Å². The van der Waals surface area contributed by atoms with E-state index in [1.165, 1.54) is 0 Å². The van der Waals surface area contributed by atoms with Gasteiger partial charge in [-0.05, 0) is 14.0 Å². The van der Waals surface area contributed by atoms with Crippen LogP contribution >= 0.6 is 0 Å². The van der Waals surface area contributed by atoms with Crippen LogP contribution in [0.5, 0.6) is 0 Å². The summed E-state index contributed by atoms with van der Waals surface area (Å²) >= 11 is 0. The first-order valence-corrected chi connectivity index (χ1v) is 5.97. The highest BCUT2D eigenvalue weighted by atomic mass is 16.5. The van der Waals surface area contributed by atoms with Crippen molar-refractivity contribution in [1.82, 2.24) is 15.0 Å². The van der Waals surface area contributed by atoms with Gasteiger partial charge in [-0.25, -0.2) is 0 Å². The molecule has 0 N–H and O–H groups in total. The Morgan fingerprint density at radius 3 is 3.17 bits per heavy atom. The van der Waals surface area contributed by atoms with Crippen LogP contribution in [0.1, 0.15) is 24.7 Å². The van der Waals surface area contributed by atoms with Gasteiger partial charge < -0.3 is 18.9 Å². The van der Waals surface area contributed by atoms with E-state index >= 15 is 0 Å². The van der Waals surface area contributed by atoms with Crippen molar-refractivity contribution in [3.05, 3.63) is 11.7 Å². The quantitative estimate of drug-likeness (QED) is 0.710. The zero-order valence-corrected chi connectivity index (χ0v) is 10.6. The van der Waals surface area contributed by atoms with Crippen LogP contribution in [0.15, 0.2) is 4.52 Å². The molecule has 2 rings (SSSR count). The SMILES string of the molecule is CCOC(=O)Cc1nc(C2CN(C)CCO2)no1. The van der Waals surface area contributed by atoms with Crippen molar-refractivity contribution >= 4 is 5.97 Å². The Bertz CT molecular complexity index is 407. The van der Waals surface area contributed by atoms with E-state index in [4.69, 9.17) is 14.0 Å². The van der Waals surface area contributed by atoms with Gasteiger partial charge in [-0.1, -0.05) is 5.16 Å². The van der Waals surface area contributed by atoms with Crippen LogP contribution in [0, 0.1) is 0 Å². The molecule has 7 nitrogen and oxygen atoms in total. The molecule has 7 heteroatoms. The Hall–Kier alpha value is -1.47. The molecule has 0 aromatic carbocycles. The normalized spacial score (nSPS) is 20.9. The Balaban J connectivity index is 1.95. The molecule has 100 valence electrons. The molecule has 0 bridgehead atoms. The van der Waals surface area contributed by atoms with Crippen molar-refractivity contribution < 1.29 is 18.8 Å². The van der Waals surface area contributed by atoms with Gasteiger partial charge in [-0.3, -0.25) is 4.79 Å². The lowest BCUT2D eigenvalue weighted by Gasteiger charge is -2.27. The molecule has 0 aliphatic carbocycles. The molecule has 1 atom stereocenters. The fourth-order valence-corrected chi connectivity index (χ4v) is 1.74. The molecule has 0 radical (unpaired) electrons. The minimum absolute atomic E-state index is 0.00337. The molecule has 1 aromatic heterocycles. The van der Waals surface area contributed by atoms with E-state index in [9.17, 15) is 4.79 Å². The average molecular weight is 255 g/mol. The summed E-state index contributed by atoms with van der Waals surface area (Å²) in [5.74, 6) is 0.385. The minimum atomic E-state index is -0.366. The molecule has 1 unspecified atom stereocenters. The van der Waals surface area contributed by atoms with Crippen LogP contribution in [-0.2, 0) is 20.7 Å². The standard InChI is InChI=1S/C11H17N3O4/c1-3-16-10(15)6-9-12-11(13-18-9)8-7-14(2)4-5-17-8/h8H,3-7H2,1-2H3. The lowest BCUT2D eigenvalue weighted by molar-refractivity contribution is -0.142. The van der Waals surface area contributed by atoms with E-state index < -0.39 is 0 Å². The average Bonchev–Trinajstić information content (AvgIpc) is 2.78. The lowest BCUT2D eigenvalue weighted by atomic mass is 10.3. The third-order valence-corrected chi connectivity index (χ3v) is 2.64. The molecule has 0 saturated carbocycles. The fraction of sp³-hybridized carbons (Fsp3) is 0.727. The van der Waals surface area contributed by atoms with Crippen LogP contribution in [0.4, 0.5) is 0 Å². The maximum Gasteiger partial charge on any atom is 0.315 e. The number of morpholine rings is 1. The number of rotatable bonds is 4. The number of aromatic nitrogens is 2. The van der Waals surface area contributed by atoms with Crippen LogP contribution in [0.3, 0.4) is 0 Å². The summed E-state index contributed by atoms with van der Waals surface area (Å²) in [6.07, 6.45) is -0.188. The second kappa shape index (κ2) is 5.92. The van der Waals surface area contributed by atoms with E-state index in [1.54, 1.807) is 6.92 Å². The summed E-state index contributed by atoms with van der Waals surface area (Å²) in [7, 11) is 2.01. The molecule has 1 aromatic rings. The highest BCUT2D eigenvalue weighted by Crippen LogP contribution is 2.18. The van der Waals surface area contributed by atoms with E-state index in [2.05, 4.69) is 15.0 Å². The van der Waals surface area contributed by atoms with Crippen molar-refractivity contribution in [2.24, 2.45) is 0 Å². The topological polar surface area (TPSA) is 77.7 Å². The summed E-state index contributed by atoms with van der Waals surface area (Å²) in [4.78, 5) is 17.6. The first-order valence-electron chi connectivity index (χ1n) is 5.97. The zero-order chi connectivity index (χ0) is 13.0. The van der Waals surface area contributed by atoms with Gasteiger partial charge in [0, 0.05) is 13.1 Å². The van der Waals surface area contributed by atoms with Crippen molar-refractivity contribution in [1.29, 1.82) is 0 Å². The van der Waals surface area contributed by atoms with Gasteiger partial charge in [0.25, 0.3) is 0 Å². The predicted octanol–water partition coefficient (Wildman–Crippen LogP) is 0.178. The Kier molecular flexibility index (Phi) is 4.27. The maximum absolute atomic E-state index is 11.3. The van der Waals surface area contributed by atoms with Gasteiger partial charge in [0.15, 0.2) is 0 Å². The van der Waals surface area contributed by atoms with Crippen LogP contribution in [-0.4, -0.2) is 54.4 Å². The van der Waals surface area contributed by atoms with Gasteiger partial charge in [0.05, 0.1) is 13.2 Å². The van der Waals surface area contributed by atoms with Crippen LogP contribution < -0.4 is 0 Å². The molecule has 1 fully saturated rings. The van der Waals surface area contributed by atoms with Crippen molar-refractivity contribution in [3.8, 4) is 0 Å². The van der Waals surface area contributed by atoms with Crippen LogP contribution in [0.25, 0.3) is 0 Å². The first kappa shape index (κ1) is 13.0. The number of likely N-dealkylation sites (N-methyl/N-ethyl adjacent to an activating group) is 1. The first-order chi connectivity index (χ1) is 8.69. The maximum atomic E-state index is 11.3. The van der Waals surface area contributed by atoms with Crippen molar-refractivity contribution in [2.45, 2.75) is 19.4 Å². The van der Waals surface area contributed by atoms with Gasteiger partial charge in [-0.2, -0.15) is 4.98 Å². The number of nitrogens with zero attached hydrogens (tertiary/aromatic N) is 3. The number of ether oxygens (including phenoxy) is 2. The Labute approximate surface area is 105 Å². The molecule has 18 heavy (non-hydrogen) atoms. The molecular weight excluding hydrogens is 238 g/mol. The molecule has 0 spiro atoms. The molecule has 1 aliphatic heterocycles. The van der Waals surface area contributed by atoms with E-state index in [0.29, 0.717) is 19.0 Å². The molecular formula is C11H17N3O4. The summed E-state index contributed by atoms with van der Waals surface area (Å²) < 4.78 is 15.4. The monoisotopic (exact) mass is 255 g/mol. The van der Waals surface area contributed by atoms with Gasteiger partial charge >= 0.3 is 5.97 Å². The summed E-state index contributed by atoms with van der Waals surface area (Å²) in [6.45, 7) is 4.35. The molecule has 1 saturated heterocycles. The highest BCUT2D eigenvalue weighted by Gasteiger charge is 2.24. The van der Waals surface area contributed by atoms with Crippen molar-refractivity contribution in [3.63, 3.8) is 0 Å². The van der Waals surface area contributed by atoms with E-state index in [1.807, 2.05) is 7.05 Å². The number of carbonyl (C=O) groups excluding carboxylic acids is 1. The fourth-order valence-electron chi connectivity index (χ4n) is 1.74. The minimum Gasteiger partial charge on any atom is -0.466 e. The molecule has 0 amide bonds. The Morgan fingerprint density at radius 1 is 1.61 bits per heavy atom. The third-order valence-electron chi connectivity index (χ3n) is 2.64. The number of esters is 1. The summed E-state index contributed by atoms with van der Waals surface area (Å²) in [5, 5.41) is 3.84.